The summed E-state index contributed by atoms with van der Waals surface area (Å²) >= 11 is 3.28. The molecule has 0 aliphatic carbocycles. The number of furan rings is 1. The van der Waals surface area contributed by atoms with E-state index in [0.29, 0.717) is 5.75 Å². The van der Waals surface area contributed by atoms with Crippen LogP contribution in [0.4, 0.5) is 0 Å². The maximum absolute atomic E-state index is 12.5. The Morgan fingerprint density at radius 1 is 1.04 bits per heavy atom. The molecule has 0 N–H and O–H groups in total. The Hall–Kier alpha value is -2.38. The van der Waals surface area contributed by atoms with Crippen LogP contribution in [0.15, 0.2) is 79.5 Å². The van der Waals surface area contributed by atoms with E-state index in [1.165, 1.54) is 24.3 Å². The van der Waals surface area contributed by atoms with Crippen LogP contribution in [0.1, 0.15) is 16.1 Å². The number of carbonyl (C=O) groups excluding carboxylic acids is 1. The van der Waals surface area contributed by atoms with E-state index in [-0.39, 0.29) is 15.7 Å². The van der Waals surface area contributed by atoms with Crippen molar-refractivity contribution >= 4 is 31.7 Å². The predicted octanol–water partition coefficient (Wildman–Crippen LogP) is 4.40. The first-order valence-electron chi connectivity index (χ1n) is 7.25. The van der Waals surface area contributed by atoms with Gasteiger partial charge in [-0.3, -0.25) is 0 Å². The highest BCUT2D eigenvalue weighted by atomic mass is 79.9. The second-order valence-corrected chi connectivity index (χ2v) is 8.08. The number of hydrogen-bond donors (Lipinski definition) is 0. The van der Waals surface area contributed by atoms with Gasteiger partial charge in [-0.2, -0.15) is 0 Å². The highest BCUT2D eigenvalue weighted by Crippen LogP contribution is 2.24. The van der Waals surface area contributed by atoms with Gasteiger partial charge in [0, 0.05) is 4.47 Å². The van der Waals surface area contributed by atoms with E-state index in [2.05, 4.69) is 15.9 Å². The number of aryl methyl sites for hydroxylation is 1. The Bertz CT molecular complexity index is 1020. The minimum Gasteiger partial charge on any atom is -0.437 e. The minimum atomic E-state index is -3.83. The van der Waals surface area contributed by atoms with Crippen LogP contribution in [0.3, 0.4) is 0 Å². The lowest BCUT2D eigenvalue weighted by atomic mass is 10.2. The van der Waals surface area contributed by atoms with E-state index in [0.717, 1.165) is 10.0 Å². The molecule has 0 atom stereocenters. The molecule has 5 nitrogen and oxygen atoms in total. The Morgan fingerprint density at radius 2 is 1.76 bits per heavy atom. The molecule has 25 heavy (non-hydrogen) atoms. The largest absolute Gasteiger partial charge is 0.437 e. The van der Waals surface area contributed by atoms with E-state index < -0.39 is 15.8 Å². The number of sulfone groups is 1. The summed E-state index contributed by atoms with van der Waals surface area (Å²) in [5, 5.41) is -0.308. The summed E-state index contributed by atoms with van der Waals surface area (Å²) in [5.74, 6) is -0.646. The van der Waals surface area contributed by atoms with Crippen LogP contribution in [0.25, 0.3) is 0 Å². The highest BCUT2D eigenvalue weighted by Gasteiger charge is 2.24. The summed E-state index contributed by atoms with van der Waals surface area (Å²) in [5.41, 5.74) is 0.941. The van der Waals surface area contributed by atoms with E-state index >= 15 is 0 Å². The third kappa shape index (κ3) is 3.83. The first-order chi connectivity index (χ1) is 11.9. The summed E-state index contributed by atoms with van der Waals surface area (Å²) < 4.78 is 36.2. The number of benzene rings is 2. The normalized spacial score (nSPS) is 11.3. The molecule has 2 aromatic carbocycles. The van der Waals surface area contributed by atoms with Gasteiger partial charge in [-0.15, -0.1) is 0 Å². The van der Waals surface area contributed by atoms with Crippen molar-refractivity contribution in [2.45, 2.75) is 16.9 Å². The van der Waals surface area contributed by atoms with Gasteiger partial charge in [-0.1, -0.05) is 39.7 Å². The maximum atomic E-state index is 12.5. The SMILES string of the molecule is Cc1ccc(S(=O)(=O)c2ccc(C(=O)Oc3cccc(Br)c3)o2)cc1. The van der Waals surface area contributed by atoms with Crippen molar-refractivity contribution in [1.82, 2.24) is 0 Å². The van der Waals surface area contributed by atoms with Gasteiger partial charge in [0.2, 0.25) is 20.7 Å². The first kappa shape index (κ1) is 17.4. The summed E-state index contributed by atoms with van der Waals surface area (Å²) in [6.07, 6.45) is 0. The number of halogens is 1. The molecule has 1 heterocycles. The average molecular weight is 421 g/mol. The quantitative estimate of drug-likeness (QED) is 0.461. The van der Waals surface area contributed by atoms with Gasteiger partial charge in [-0.05, 0) is 49.4 Å². The number of hydrogen-bond acceptors (Lipinski definition) is 5. The van der Waals surface area contributed by atoms with E-state index in [1.54, 1.807) is 36.4 Å². The standard InChI is InChI=1S/C18H13BrO5S/c1-12-5-7-15(8-6-12)25(21,22)17-10-9-16(24-17)18(20)23-14-4-2-3-13(19)11-14/h2-11H,1H3. The fraction of sp³-hybridized carbons (Fsp3) is 0.0556. The van der Waals surface area contributed by atoms with Crippen molar-refractivity contribution in [3.63, 3.8) is 0 Å². The van der Waals surface area contributed by atoms with Crippen molar-refractivity contribution < 1.29 is 22.4 Å². The zero-order chi connectivity index (χ0) is 18.0. The topological polar surface area (TPSA) is 73.6 Å². The molecule has 0 spiro atoms. The van der Waals surface area contributed by atoms with Gasteiger partial charge in [0.05, 0.1) is 4.90 Å². The van der Waals surface area contributed by atoms with Gasteiger partial charge >= 0.3 is 5.97 Å². The molecule has 0 amide bonds. The molecule has 0 fully saturated rings. The lowest BCUT2D eigenvalue weighted by Crippen LogP contribution is -2.07. The van der Waals surface area contributed by atoms with Gasteiger partial charge in [0.15, 0.2) is 0 Å². The fourth-order valence-electron chi connectivity index (χ4n) is 2.10. The Morgan fingerprint density at radius 3 is 2.44 bits per heavy atom. The fourth-order valence-corrected chi connectivity index (χ4v) is 3.65. The summed E-state index contributed by atoms with van der Waals surface area (Å²) in [7, 11) is -3.83. The molecule has 3 aromatic rings. The molecule has 0 unspecified atom stereocenters. The molecule has 128 valence electrons. The van der Waals surface area contributed by atoms with Gasteiger partial charge in [0.1, 0.15) is 5.75 Å². The number of esters is 1. The lowest BCUT2D eigenvalue weighted by Gasteiger charge is -2.03. The molecule has 0 bridgehead atoms. The predicted molar refractivity (Wildman–Crippen MR) is 94.4 cm³/mol. The van der Waals surface area contributed by atoms with Crippen LogP contribution in [-0.2, 0) is 9.84 Å². The van der Waals surface area contributed by atoms with Crippen molar-refractivity contribution in [1.29, 1.82) is 0 Å². The third-order valence-corrected chi connectivity index (χ3v) is 5.52. The molecule has 1 aromatic heterocycles. The Kier molecular flexibility index (Phi) is 4.78. The van der Waals surface area contributed by atoms with E-state index in [4.69, 9.17) is 9.15 Å². The molecule has 0 radical (unpaired) electrons. The first-order valence-corrected chi connectivity index (χ1v) is 9.53. The molecule has 7 heteroatoms. The molecule has 0 saturated carbocycles. The van der Waals surface area contributed by atoms with Crippen LogP contribution in [0, 0.1) is 6.92 Å². The van der Waals surface area contributed by atoms with Crippen molar-refractivity contribution in [3.05, 3.63) is 76.5 Å². The summed E-state index contributed by atoms with van der Waals surface area (Å²) in [6, 6.07) is 15.6. The molecule has 3 rings (SSSR count). The Labute approximate surface area is 153 Å². The zero-order valence-electron chi connectivity index (χ0n) is 13.1. The molecular formula is C18H13BrO5S. The number of ether oxygens (including phenoxy) is 1. The molecule has 0 aliphatic rings. The van der Waals surface area contributed by atoms with Gasteiger partial charge in [0.25, 0.3) is 0 Å². The van der Waals surface area contributed by atoms with Crippen LogP contribution < -0.4 is 4.74 Å². The van der Waals surface area contributed by atoms with Crippen molar-refractivity contribution in [2.24, 2.45) is 0 Å². The highest BCUT2D eigenvalue weighted by molar-refractivity contribution is 9.10. The second kappa shape index (κ2) is 6.85. The Balaban J connectivity index is 1.84. The maximum Gasteiger partial charge on any atom is 0.379 e. The summed E-state index contributed by atoms with van der Waals surface area (Å²) in [4.78, 5) is 12.2. The van der Waals surface area contributed by atoms with Gasteiger partial charge < -0.3 is 9.15 Å². The van der Waals surface area contributed by atoms with E-state index in [1.807, 2.05) is 6.92 Å². The lowest BCUT2D eigenvalue weighted by molar-refractivity contribution is 0.0695. The molecule has 0 saturated heterocycles. The molecule has 0 aliphatic heterocycles. The van der Waals surface area contributed by atoms with Crippen LogP contribution in [0.5, 0.6) is 5.75 Å². The zero-order valence-corrected chi connectivity index (χ0v) is 15.5. The van der Waals surface area contributed by atoms with Crippen LogP contribution in [0.2, 0.25) is 0 Å². The van der Waals surface area contributed by atoms with Crippen molar-refractivity contribution in [2.75, 3.05) is 0 Å². The second-order valence-electron chi connectivity index (χ2n) is 5.28. The summed E-state index contributed by atoms with van der Waals surface area (Å²) in [6.45, 7) is 1.86. The number of rotatable bonds is 4. The third-order valence-electron chi connectivity index (χ3n) is 3.39. The van der Waals surface area contributed by atoms with Crippen LogP contribution >= 0.6 is 15.9 Å². The smallest absolute Gasteiger partial charge is 0.379 e. The molecular weight excluding hydrogens is 408 g/mol. The average Bonchev–Trinajstić information content (AvgIpc) is 3.06. The van der Waals surface area contributed by atoms with Gasteiger partial charge in [-0.25, -0.2) is 13.2 Å². The number of carbonyl (C=O) groups is 1. The van der Waals surface area contributed by atoms with Crippen LogP contribution in [-0.4, -0.2) is 14.4 Å². The van der Waals surface area contributed by atoms with Crippen molar-refractivity contribution in [3.8, 4) is 5.75 Å². The van der Waals surface area contributed by atoms with E-state index in [9.17, 15) is 13.2 Å². The minimum absolute atomic E-state index is 0.0966. The monoisotopic (exact) mass is 420 g/mol.